The van der Waals surface area contributed by atoms with Crippen LogP contribution in [0.25, 0.3) is 22.2 Å². The summed E-state index contributed by atoms with van der Waals surface area (Å²) < 4.78 is 11.5. The zero-order valence-electron chi connectivity index (χ0n) is 18.0. The van der Waals surface area contributed by atoms with Gasteiger partial charge >= 0.3 is 0 Å². The lowest BCUT2D eigenvalue weighted by Gasteiger charge is -2.14. The van der Waals surface area contributed by atoms with Crippen LogP contribution in [0.4, 0.5) is 11.5 Å². The molecule has 0 aliphatic rings. The quantitative estimate of drug-likeness (QED) is 0.336. The van der Waals surface area contributed by atoms with Crippen molar-refractivity contribution in [1.29, 1.82) is 0 Å². The molecule has 0 saturated heterocycles. The van der Waals surface area contributed by atoms with E-state index in [9.17, 15) is 0 Å². The summed E-state index contributed by atoms with van der Waals surface area (Å²) >= 11 is 1.71. The van der Waals surface area contributed by atoms with Crippen LogP contribution in [0.15, 0.2) is 48.1 Å². The molecule has 0 unspecified atom stereocenters. The van der Waals surface area contributed by atoms with Gasteiger partial charge in [0.15, 0.2) is 11.5 Å². The Morgan fingerprint density at radius 2 is 1.77 bits per heavy atom. The Kier molecular flexibility index (Phi) is 6.62. The summed E-state index contributed by atoms with van der Waals surface area (Å²) in [4.78, 5) is 13.7. The Balaban J connectivity index is 1.67. The number of anilines is 2. The minimum Gasteiger partial charge on any atom is -0.490 e. The monoisotopic (exact) mass is 434 g/mol. The summed E-state index contributed by atoms with van der Waals surface area (Å²) in [6.07, 6.45) is 3.67. The second-order valence-corrected chi connectivity index (χ2v) is 7.93. The topological polar surface area (TPSA) is 69.2 Å². The van der Waals surface area contributed by atoms with Gasteiger partial charge in [-0.1, -0.05) is 19.1 Å². The Bertz CT molecular complexity index is 1180. The maximum Gasteiger partial charge on any atom is 0.163 e. The van der Waals surface area contributed by atoms with E-state index in [4.69, 9.17) is 14.5 Å². The zero-order chi connectivity index (χ0) is 21.6. The van der Waals surface area contributed by atoms with Gasteiger partial charge in [-0.3, -0.25) is 0 Å². The Labute approximate surface area is 186 Å². The van der Waals surface area contributed by atoms with Crippen molar-refractivity contribution < 1.29 is 9.47 Å². The highest BCUT2D eigenvalue weighted by molar-refractivity contribution is 7.09. The van der Waals surface area contributed by atoms with Gasteiger partial charge in [-0.2, -0.15) is 0 Å². The lowest BCUT2D eigenvalue weighted by Crippen LogP contribution is -2.01. The van der Waals surface area contributed by atoms with Gasteiger partial charge in [0.25, 0.3) is 0 Å². The SMILES string of the molecule is CCCc1nc(-c2cccc(Nc3ncnc4cc(OCC)c(OCC)cc34)c2)cs1. The van der Waals surface area contributed by atoms with Gasteiger partial charge in [-0.25, -0.2) is 15.0 Å². The summed E-state index contributed by atoms with van der Waals surface area (Å²) in [5.74, 6) is 2.10. The summed E-state index contributed by atoms with van der Waals surface area (Å²) in [6, 6.07) is 12.1. The van der Waals surface area contributed by atoms with Crippen LogP contribution in [0.3, 0.4) is 0 Å². The number of aryl methyl sites for hydroxylation is 1. The minimum absolute atomic E-state index is 0.553. The summed E-state index contributed by atoms with van der Waals surface area (Å²) in [5, 5.41) is 7.60. The van der Waals surface area contributed by atoms with Crippen LogP contribution in [-0.4, -0.2) is 28.2 Å². The summed E-state index contributed by atoms with van der Waals surface area (Å²) in [6.45, 7) is 7.19. The molecule has 0 bridgehead atoms. The molecule has 7 heteroatoms. The molecule has 160 valence electrons. The van der Waals surface area contributed by atoms with E-state index in [0.29, 0.717) is 24.7 Å². The van der Waals surface area contributed by atoms with Gasteiger partial charge in [-0.15, -0.1) is 11.3 Å². The summed E-state index contributed by atoms with van der Waals surface area (Å²) in [5.41, 5.74) is 3.82. The predicted octanol–water partition coefficient (Wildman–Crippen LogP) is 6.25. The van der Waals surface area contributed by atoms with Gasteiger partial charge in [-0.05, 0) is 44.9 Å². The Morgan fingerprint density at radius 1 is 0.968 bits per heavy atom. The Hall–Kier alpha value is -3.19. The first kappa shape index (κ1) is 21.1. The fourth-order valence-electron chi connectivity index (χ4n) is 3.37. The number of rotatable bonds is 9. The van der Waals surface area contributed by atoms with Gasteiger partial charge in [0, 0.05) is 28.1 Å². The van der Waals surface area contributed by atoms with E-state index in [1.165, 1.54) is 5.01 Å². The lowest BCUT2D eigenvalue weighted by molar-refractivity contribution is 0.288. The summed E-state index contributed by atoms with van der Waals surface area (Å²) in [7, 11) is 0. The van der Waals surface area contributed by atoms with E-state index >= 15 is 0 Å². The number of nitrogens with zero attached hydrogens (tertiary/aromatic N) is 3. The number of fused-ring (bicyclic) bond motifs is 1. The van der Waals surface area contributed by atoms with E-state index in [-0.39, 0.29) is 0 Å². The normalized spacial score (nSPS) is 10.9. The second kappa shape index (κ2) is 9.75. The maximum atomic E-state index is 5.79. The van der Waals surface area contributed by atoms with E-state index in [0.717, 1.165) is 46.5 Å². The second-order valence-electron chi connectivity index (χ2n) is 6.99. The number of nitrogens with one attached hydrogen (secondary N) is 1. The van der Waals surface area contributed by atoms with Gasteiger partial charge in [0.2, 0.25) is 0 Å². The highest BCUT2D eigenvalue weighted by Crippen LogP contribution is 2.35. The van der Waals surface area contributed by atoms with E-state index in [1.807, 2.05) is 38.1 Å². The van der Waals surface area contributed by atoms with Crippen molar-refractivity contribution >= 4 is 33.7 Å². The first-order valence-electron chi connectivity index (χ1n) is 10.6. The van der Waals surface area contributed by atoms with E-state index in [1.54, 1.807) is 17.7 Å². The number of hydrogen-bond donors (Lipinski definition) is 1. The van der Waals surface area contributed by atoms with Crippen LogP contribution >= 0.6 is 11.3 Å². The average Bonchev–Trinajstić information content (AvgIpc) is 3.24. The third-order valence-electron chi connectivity index (χ3n) is 4.74. The van der Waals surface area contributed by atoms with Crippen molar-refractivity contribution in [3.63, 3.8) is 0 Å². The average molecular weight is 435 g/mol. The highest BCUT2D eigenvalue weighted by atomic mass is 32.1. The van der Waals surface area contributed by atoms with E-state index < -0.39 is 0 Å². The molecule has 0 saturated carbocycles. The highest BCUT2D eigenvalue weighted by Gasteiger charge is 2.13. The molecule has 1 N–H and O–H groups in total. The number of benzene rings is 2. The Morgan fingerprint density at radius 3 is 2.55 bits per heavy atom. The molecule has 0 aliphatic heterocycles. The molecule has 0 radical (unpaired) electrons. The molecule has 0 atom stereocenters. The van der Waals surface area contributed by atoms with Crippen LogP contribution in [0, 0.1) is 0 Å². The molecule has 0 amide bonds. The molecule has 2 aromatic carbocycles. The van der Waals surface area contributed by atoms with E-state index in [2.05, 4.69) is 39.7 Å². The van der Waals surface area contributed by atoms with Crippen molar-refractivity contribution in [3.05, 3.63) is 53.1 Å². The third-order valence-corrected chi connectivity index (χ3v) is 5.65. The largest absolute Gasteiger partial charge is 0.490 e. The van der Waals surface area contributed by atoms with Crippen LogP contribution in [0.1, 0.15) is 32.2 Å². The molecule has 6 nitrogen and oxygen atoms in total. The minimum atomic E-state index is 0.553. The standard InChI is InChI=1S/C24H26N4O2S/c1-4-8-23-28-20(14-31-23)16-9-7-10-17(11-16)27-24-18-12-21(29-5-2)22(30-6-3)13-19(18)25-15-26-24/h7,9-15H,4-6,8H2,1-3H3,(H,25,26,27). The van der Waals surface area contributed by atoms with Crippen LogP contribution in [-0.2, 0) is 6.42 Å². The number of ether oxygens (including phenoxy) is 2. The van der Waals surface area contributed by atoms with Crippen LogP contribution in [0.2, 0.25) is 0 Å². The van der Waals surface area contributed by atoms with Crippen LogP contribution < -0.4 is 14.8 Å². The fraction of sp³-hybridized carbons (Fsp3) is 0.292. The lowest BCUT2D eigenvalue weighted by atomic mass is 10.1. The van der Waals surface area contributed by atoms with Crippen molar-refractivity contribution in [1.82, 2.24) is 15.0 Å². The van der Waals surface area contributed by atoms with Gasteiger partial charge in [0.05, 0.1) is 29.4 Å². The first-order valence-corrected chi connectivity index (χ1v) is 11.5. The number of aromatic nitrogens is 3. The maximum absolute atomic E-state index is 5.79. The number of thiazole rings is 1. The van der Waals surface area contributed by atoms with Crippen molar-refractivity contribution in [2.45, 2.75) is 33.6 Å². The molecule has 4 rings (SSSR count). The molecule has 2 heterocycles. The van der Waals surface area contributed by atoms with Crippen molar-refractivity contribution in [2.24, 2.45) is 0 Å². The predicted molar refractivity (Wildman–Crippen MR) is 127 cm³/mol. The molecular weight excluding hydrogens is 408 g/mol. The van der Waals surface area contributed by atoms with Gasteiger partial charge in [0.1, 0.15) is 12.1 Å². The molecule has 4 aromatic rings. The molecule has 2 aromatic heterocycles. The first-order chi connectivity index (χ1) is 15.2. The molecule has 0 aliphatic carbocycles. The zero-order valence-corrected chi connectivity index (χ0v) is 18.8. The smallest absolute Gasteiger partial charge is 0.163 e. The molecule has 0 spiro atoms. The van der Waals surface area contributed by atoms with Crippen molar-refractivity contribution in [2.75, 3.05) is 18.5 Å². The van der Waals surface area contributed by atoms with Gasteiger partial charge < -0.3 is 14.8 Å². The number of hydrogen-bond acceptors (Lipinski definition) is 7. The fourth-order valence-corrected chi connectivity index (χ4v) is 4.27. The van der Waals surface area contributed by atoms with Crippen LogP contribution in [0.5, 0.6) is 11.5 Å². The molecule has 31 heavy (non-hydrogen) atoms. The molecule has 0 fully saturated rings. The molecular formula is C24H26N4O2S. The van der Waals surface area contributed by atoms with Crippen molar-refractivity contribution in [3.8, 4) is 22.8 Å². The third kappa shape index (κ3) is 4.77.